The molecule has 2 nitrogen and oxygen atoms in total. The standard InChI is InChI=1S/C19H34O2/c1-3-5-7-8-9-10-12-14-17-19(21-17)15-18-16(20-18)13-11-6-4-2/h3,16-19H,1,4-15H2,2H3. The van der Waals surface area contributed by atoms with Crippen LogP contribution in [0.3, 0.4) is 0 Å². The van der Waals surface area contributed by atoms with Crippen LogP contribution in [-0.4, -0.2) is 24.4 Å². The van der Waals surface area contributed by atoms with Crippen LogP contribution in [0.2, 0.25) is 0 Å². The molecule has 0 aromatic rings. The quantitative estimate of drug-likeness (QED) is 0.243. The topological polar surface area (TPSA) is 25.1 Å². The smallest absolute Gasteiger partial charge is 0.0867 e. The first kappa shape index (κ1) is 17.0. The van der Waals surface area contributed by atoms with E-state index < -0.39 is 0 Å². The Bertz CT molecular complexity index is 289. The summed E-state index contributed by atoms with van der Waals surface area (Å²) in [6.07, 6.45) is 19.8. The lowest BCUT2D eigenvalue weighted by Gasteiger charge is -1.99. The molecule has 0 radical (unpaired) electrons. The first-order valence-electron chi connectivity index (χ1n) is 9.27. The Hall–Kier alpha value is -0.340. The highest BCUT2D eigenvalue weighted by atomic mass is 16.6. The molecule has 0 aliphatic carbocycles. The average molecular weight is 294 g/mol. The van der Waals surface area contributed by atoms with Crippen molar-refractivity contribution in [1.29, 1.82) is 0 Å². The van der Waals surface area contributed by atoms with E-state index in [-0.39, 0.29) is 0 Å². The zero-order valence-corrected chi connectivity index (χ0v) is 13.9. The lowest BCUT2D eigenvalue weighted by Crippen LogP contribution is -2.02. The van der Waals surface area contributed by atoms with Gasteiger partial charge in [0.2, 0.25) is 0 Å². The van der Waals surface area contributed by atoms with Crippen LogP contribution in [0, 0.1) is 0 Å². The van der Waals surface area contributed by atoms with E-state index in [1.165, 1.54) is 70.6 Å². The van der Waals surface area contributed by atoms with Crippen molar-refractivity contribution in [3.63, 3.8) is 0 Å². The summed E-state index contributed by atoms with van der Waals surface area (Å²) in [6, 6.07) is 0. The molecule has 0 spiro atoms. The molecule has 122 valence electrons. The zero-order valence-electron chi connectivity index (χ0n) is 13.9. The Kier molecular flexibility index (Phi) is 7.81. The van der Waals surface area contributed by atoms with Gasteiger partial charge < -0.3 is 9.47 Å². The highest BCUT2D eigenvalue weighted by Gasteiger charge is 2.47. The fourth-order valence-corrected chi connectivity index (χ4v) is 3.27. The van der Waals surface area contributed by atoms with Crippen LogP contribution >= 0.6 is 0 Å². The summed E-state index contributed by atoms with van der Waals surface area (Å²) in [4.78, 5) is 0. The number of hydrogen-bond acceptors (Lipinski definition) is 2. The van der Waals surface area contributed by atoms with Gasteiger partial charge in [-0.15, -0.1) is 6.58 Å². The van der Waals surface area contributed by atoms with E-state index in [0.29, 0.717) is 24.4 Å². The van der Waals surface area contributed by atoms with Gasteiger partial charge in [-0.25, -0.2) is 0 Å². The van der Waals surface area contributed by atoms with Crippen LogP contribution in [0.5, 0.6) is 0 Å². The largest absolute Gasteiger partial charge is 0.369 e. The Morgan fingerprint density at radius 3 is 1.95 bits per heavy atom. The van der Waals surface area contributed by atoms with Gasteiger partial charge in [-0.2, -0.15) is 0 Å². The van der Waals surface area contributed by atoms with Crippen molar-refractivity contribution in [2.45, 2.75) is 108 Å². The third-order valence-electron chi connectivity index (χ3n) is 4.83. The molecule has 2 aliphatic rings. The van der Waals surface area contributed by atoms with Gasteiger partial charge in [-0.1, -0.05) is 57.9 Å². The molecule has 2 heterocycles. The summed E-state index contributed by atoms with van der Waals surface area (Å²) >= 11 is 0. The van der Waals surface area contributed by atoms with Crippen molar-refractivity contribution in [2.75, 3.05) is 0 Å². The van der Waals surface area contributed by atoms with Gasteiger partial charge in [0, 0.05) is 6.42 Å². The monoisotopic (exact) mass is 294 g/mol. The number of epoxide rings is 2. The van der Waals surface area contributed by atoms with Crippen LogP contribution in [0.4, 0.5) is 0 Å². The second kappa shape index (κ2) is 9.63. The molecular formula is C19H34O2. The molecule has 2 saturated heterocycles. The highest BCUT2D eigenvalue weighted by Crippen LogP contribution is 2.39. The summed E-state index contributed by atoms with van der Waals surface area (Å²) in [7, 11) is 0. The second-order valence-electron chi connectivity index (χ2n) is 6.79. The van der Waals surface area contributed by atoms with E-state index in [9.17, 15) is 0 Å². The second-order valence-corrected chi connectivity index (χ2v) is 6.79. The van der Waals surface area contributed by atoms with Gasteiger partial charge in [0.15, 0.2) is 0 Å². The van der Waals surface area contributed by atoms with Gasteiger partial charge in [0.05, 0.1) is 24.4 Å². The predicted molar refractivity (Wildman–Crippen MR) is 88.6 cm³/mol. The van der Waals surface area contributed by atoms with E-state index in [1.54, 1.807) is 0 Å². The molecule has 0 bridgehead atoms. The molecule has 0 N–H and O–H groups in total. The first-order valence-corrected chi connectivity index (χ1v) is 9.27. The van der Waals surface area contributed by atoms with E-state index in [4.69, 9.17) is 9.47 Å². The van der Waals surface area contributed by atoms with E-state index in [0.717, 1.165) is 6.42 Å². The van der Waals surface area contributed by atoms with Crippen molar-refractivity contribution in [2.24, 2.45) is 0 Å². The molecule has 2 rings (SSSR count). The predicted octanol–water partition coefficient (Wildman–Crippen LogP) is 5.41. The van der Waals surface area contributed by atoms with E-state index >= 15 is 0 Å². The van der Waals surface area contributed by atoms with Crippen LogP contribution in [0.25, 0.3) is 0 Å². The minimum absolute atomic E-state index is 0.520. The molecule has 2 aliphatic heterocycles. The Balaban J connectivity index is 1.37. The molecule has 21 heavy (non-hydrogen) atoms. The Morgan fingerprint density at radius 2 is 1.33 bits per heavy atom. The van der Waals surface area contributed by atoms with Crippen LogP contribution < -0.4 is 0 Å². The van der Waals surface area contributed by atoms with Crippen molar-refractivity contribution in [1.82, 2.24) is 0 Å². The lowest BCUT2D eigenvalue weighted by atomic mass is 10.0. The molecule has 2 fully saturated rings. The fraction of sp³-hybridized carbons (Fsp3) is 0.895. The van der Waals surface area contributed by atoms with Crippen molar-refractivity contribution in [3.05, 3.63) is 12.7 Å². The summed E-state index contributed by atoms with van der Waals surface area (Å²) in [5, 5.41) is 0. The Morgan fingerprint density at radius 1 is 0.762 bits per heavy atom. The molecule has 2 heteroatoms. The number of ether oxygens (including phenoxy) is 2. The Labute approximate surface area is 131 Å². The molecule has 4 unspecified atom stereocenters. The number of hydrogen-bond donors (Lipinski definition) is 0. The average Bonchev–Trinajstić information content (AvgIpc) is 3.39. The lowest BCUT2D eigenvalue weighted by molar-refractivity contribution is 0.318. The van der Waals surface area contributed by atoms with Crippen molar-refractivity contribution >= 4 is 0 Å². The highest BCUT2D eigenvalue weighted by molar-refractivity contribution is 4.94. The van der Waals surface area contributed by atoms with Gasteiger partial charge in [0.25, 0.3) is 0 Å². The normalized spacial score (nSPS) is 30.3. The molecular weight excluding hydrogens is 260 g/mol. The molecule has 0 saturated carbocycles. The molecule has 0 amide bonds. The van der Waals surface area contributed by atoms with Gasteiger partial charge >= 0.3 is 0 Å². The third kappa shape index (κ3) is 6.97. The molecule has 0 aromatic carbocycles. The van der Waals surface area contributed by atoms with Gasteiger partial charge in [-0.3, -0.25) is 0 Å². The van der Waals surface area contributed by atoms with E-state index in [1.807, 2.05) is 6.08 Å². The fourth-order valence-electron chi connectivity index (χ4n) is 3.27. The maximum absolute atomic E-state index is 5.79. The maximum Gasteiger partial charge on any atom is 0.0867 e. The SMILES string of the molecule is C=CCCCCCCCC1OC1CC1OC1CCCCC. The van der Waals surface area contributed by atoms with E-state index in [2.05, 4.69) is 13.5 Å². The molecule has 4 atom stereocenters. The summed E-state index contributed by atoms with van der Waals surface area (Å²) in [5.74, 6) is 0. The number of allylic oxidation sites excluding steroid dienone is 1. The number of rotatable bonds is 14. The zero-order chi connectivity index (χ0) is 14.9. The van der Waals surface area contributed by atoms with Crippen molar-refractivity contribution in [3.8, 4) is 0 Å². The van der Waals surface area contributed by atoms with Crippen LogP contribution in [0.1, 0.15) is 84.0 Å². The minimum atomic E-state index is 0.520. The number of unbranched alkanes of at least 4 members (excludes halogenated alkanes) is 7. The molecule has 0 aromatic heterocycles. The van der Waals surface area contributed by atoms with Crippen LogP contribution in [-0.2, 0) is 9.47 Å². The van der Waals surface area contributed by atoms with Gasteiger partial charge in [-0.05, 0) is 25.7 Å². The van der Waals surface area contributed by atoms with Crippen LogP contribution in [0.15, 0.2) is 12.7 Å². The summed E-state index contributed by atoms with van der Waals surface area (Å²) in [5.41, 5.74) is 0. The summed E-state index contributed by atoms with van der Waals surface area (Å²) in [6.45, 7) is 6.02. The summed E-state index contributed by atoms with van der Waals surface area (Å²) < 4.78 is 11.5. The van der Waals surface area contributed by atoms with Crippen molar-refractivity contribution < 1.29 is 9.47 Å². The minimum Gasteiger partial charge on any atom is -0.369 e. The van der Waals surface area contributed by atoms with Gasteiger partial charge in [0.1, 0.15) is 0 Å². The maximum atomic E-state index is 5.79. The first-order chi connectivity index (χ1) is 10.3. The third-order valence-corrected chi connectivity index (χ3v) is 4.83.